The second-order valence-corrected chi connectivity index (χ2v) is 5.42. The number of fused-ring (bicyclic) bond motifs is 3. The lowest BCUT2D eigenvalue weighted by Gasteiger charge is -2.24. The fourth-order valence-electron chi connectivity index (χ4n) is 2.85. The van der Waals surface area contributed by atoms with Crippen LogP contribution in [0.1, 0.15) is 12.5 Å². The van der Waals surface area contributed by atoms with Crippen molar-refractivity contribution in [2.45, 2.75) is 12.5 Å². The topological polar surface area (TPSA) is 76.0 Å². The van der Waals surface area contributed by atoms with Crippen molar-refractivity contribution >= 4 is 34.5 Å². The molecule has 1 aliphatic rings. The molecule has 6 nitrogen and oxygen atoms in total. The molecule has 4 rings (SSSR count). The first kappa shape index (κ1) is 13.5. The minimum atomic E-state index is -0.619. The molecular weight excluding hydrogens is 292 g/mol. The van der Waals surface area contributed by atoms with Gasteiger partial charge in [-0.05, 0) is 24.3 Å². The first-order chi connectivity index (χ1) is 11.2. The molecule has 1 aromatic heterocycles. The Kier molecular flexibility index (Phi) is 3.08. The number of nitrogens with one attached hydrogen (secondary N) is 2. The van der Waals surface area contributed by atoms with Crippen molar-refractivity contribution in [2.24, 2.45) is 0 Å². The number of para-hydroxylation sites is 3. The van der Waals surface area contributed by atoms with Crippen LogP contribution in [0.25, 0.3) is 11.0 Å². The van der Waals surface area contributed by atoms with Crippen LogP contribution in [0.2, 0.25) is 0 Å². The quantitative estimate of drug-likeness (QED) is 0.764. The average molecular weight is 306 g/mol. The van der Waals surface area contributed by atoms with E-state index in [0.717, 1.165) is 11.0 Å². The summed E-state index contributed by atoms with van der Waals surface area (Å²) in [5.41, 5.74) is 2.28. The summed E-state index contributed by atoms with van der Waals surface area (Å²) >= 11 is 0. The van der Waals surface area contributed by atoms with Crippen LogP contribution in [0.5, 0.6) is 0 Å². The van der Waals surface area contributed by atoms with Gasteiger partial charge in [0.15, 0.2) is 0 Å². The first-order valence-corrected chi connectivity index (χ1v) is 7.35. The molecule has 0 saturated carbocycles. The summed E-state index contributed by atoms with van der Waals surface area (Å²) in [4.78, 5) is 29.0. The highest BCUT2D eigenvalue weighted by atomic mass is 16.2. The SMILES string of the molecule is O=C1CC(C(=O)Nc2ccccc2)n2c(nc3ccccc32)N1. The minimum Gasteiger partial charge on any atom is -0.324 e. The number of carbonyl (C=O) groups is 2. The normalized spacial score (nSPS) is 16.7. The predicted octanol–water partition coefficient (Wildman–Crippen LogP) is 2.56. The fourth-order valence-corrected chi connectivity index (χ4v) is 2.85. The van der Waals surface area contributed by atoms with Crippen LogP contribution in [0.3, 0.4) is 0 Å². The molecule has 1 aliphatic heterocycles. The summed E-state index contributed by atoms with van der Waals surface area (Å²) < 4.78 is 1.79. The number of aromatic nitrogens is 2. The summed E-state index contributed by atoms with van der Waals surface area (Å²) in [6.07, 6.45) is 0.0893. The number of amides is 2. The number of carbonyl (C=O) groups excluding carboxylic acids is 2. The molecule has 2 heterocycles. The molecule has 2 N–H and O–H groups in total. The number of imidazole rings is 1. The van der Waals surface area contributed by atoms with E-state index in [0.29, 0.717) is 11.6 Å². The van der Waals surface area contributed by atoms with Crippen molar-refractivity contribution < 1.29 is 9.59 Å². The Bertz CT molecular complexity index is 901. The first-order valence-electron chi connectivity index (χ1n) is 7.35. The monoisotopic (exact) mass is 306 g/mol. The molecule has 1 atom stereocenters. The number of anilines is 2. The molecule has 0 bridgehead atoms. The van der Waals surface area contributed by atoms with E-state index in [4.69, 9.17) is 0 Å². The van der Waals surface area contributed by atoms with E-state index in [2.05, 4.69) is 15.6 Å². The van der Waals surface area contributed by atoms with Crippen LogP contribution in [0, 0.1) is 0 Å². The molecule has 0 radical (unpaired) electrons. The van der Waals surface area contributed by atoms with Crippen molar-refractivity contribution in [3.63, 3.8) is 0 Å². The van der Waals surface area contributed by atoms with Crippen molar-refractivity contribution in [3.8, 4) is 0 Å². The fraction of sp³-hybridized carbons (Fsp3) is 0.118. The molecular formula is C17H14N4O2. The Balaban J connectivity index is 1.75. The lowest BCUT2D eigenvalue weighted by molar-refractivity contribution is -0.124. The number of hydrogen-bond acceptors (Lipinski definition) is 3. The standard InChI is InChI=1S/C17H14N4O2/c22-15-10-14(16(23)18-11-6-2-1-3-7-11)21-13-9-5-4-8-12(13)19-17(21)20-15/h1-9,14H,10H2,(H,18,23)(H,19,20,22). The predicted molar refractivity (Wildman–Crippen MR) is 87.1 cm³/mol. The molecule has 1 unspecified atom stereocenters. The zero-order chi connectivity index (χ0) is 15.8. The van der Waals surface area contributed by atoms with Crippen molar-refractivity contribution in [1.29, 1.82) is 0 Å². The van der Waals surface area contributed by atoms with Gasteiger partial charge >= 0.3 is 0 Å². The highest BCUT2D eigenvalue weighted by molar-refractivity contribution is 6.02. The average Bonchev–Trinajstić information content (AvgIpc) is 2.93. The van der Waals surface area contributed by atoms with Gasteiger partial charge in [0.2, 0.25) is 17.8 Å². The minimum absolute atomic E-state index is 0.0893. The Labute approximate surface area is 132 Å². The Hall–Kier alpha value is -3.15. The van der Waals surface area contributed by atoms with Gasteiger partial charge in [-0.15, -0.1) is 0 Å². The van der Waals surface area contributed by atoms with Gasteiger partial charge in [-0.3, -0.25) is 19.5 Å². The Morgan fingerprint density at radius 1 is 1.13 bits per heavy atom. The molecule has 3 aromatic rings. The highest BCUT2D eigenvalue weighted by Gasteiger charge is 2.32. The molecule has 0 fully saturated rings. The summed E-state index contributed by atoms with van der Waals surface area (Å²) in [6.45, 7) is 0. The van der Waals surface area contributed by atoms with Crippen LogP contribution < -0.4 is 10.6 Å². The van der Waals surface area contributed by atoms with E-state index >= 15 is 0 Å². The van der Waals surface area contributed by atoms with Gasteiger partial charge in [-0.2, -0.15) is 0 Å². The molecule has 2 aromatic carbocycles. The maximum Gasteiger partial charge on any atom is 0.248 e. The van der Waals surface area contributed by atoms with E-state index in [1.807, 2.05) is 54.6 Å². The van der Waals surface area contributed by atoms with E-state index < -0.39 is 6.04 Å². The second-order valence-electron chi connectivity index (χ2n) is 5.42. The zero-order valence-electron chi connectivity index (χ0n) is 12.2. The molecule has 0 saturated heterocycles. The van der Waals surface area contributed by atoms with Gasteiger partial charge in [-0.1, -0.05) is 30.3 Å². The van der Waals surface area contributed by atoms with E-state index in [1.165, 1.54) is 0 Å². The van der Waals surface area contributed by atoms with Gasteiger partial charge in [0.1, 0.15) is 6.04 Å². The zero-order valence-corrected chi connectivity index (χ0v) is 12.2. The van der Waals surface area contributed by atoms with Crippen LogP contribution in [0.15, 0.2) is 54.6 Å². The molecule has 2 amide bonds. The lowest BCUT2D eigenvalue weighted by Crippen LogP contribution is -2.35. The summed E-state index contributed by atoms with van der Waals surface area (Å²) in [5, 5.41) is 5.59. The summed E-state index contributed by atoms with van der Waals surface area (Å²) in [7, 11) is 0. The van der Waals surface area contributed by atoms with Crippen LogP contribution in [-0.4, -0.2) is 21.4 Å². The van der Waals surface area contributed by atoms with Crippen molar-refractivity contribution in [1.82, 2.24) is 9.55 Å². The molecule has 23 heavy (non-hydrogen) atoms. The largest absolute Gasteiger partial charge is 0.324 e. The van der Waals surface area contributed by atoms with E-state index in [-0.39, 0.29) is 18.2 Å². The van der Waals surface area contributed by atoms with Crippen molar-refractivity contribution in [2.75, 3.05) is 10.6 Å². The third-order valence-electron chi connectivity index (χ3n) is 3.88. The van der Waals surface area contributed by atoms with Gasteiger partial charge in [0.05, 0.1) is 17.5 Å². The molecule has 0 aliphatic carbocycles. The molecule has 6 heteroatoms. The smallest absolute Gasteiger partial charge is 0.248 e. The third-order valence-corrected chi connectivity index (χ3v) is 3.88. The van der Waals surface area contributed by atoms with Crippen molar-refractivity contribution in [3.05, 3.63) is 54.6 Å². The maximum absolute atomic E-state index is 12.7. The Morgan fingerprint density at radius 3 is 2.70 bits per heavy atom. The summed E-state index contributed by atoms with van der Waals surface area (Å²) in [6, 6.07) is 16.1. The van der Waals surface area contributed by atoms with Gasteiger partial charge in [0, 0.05) is 5.69 Å². The third kappa shape index (κ3) is 2.34. The lowest BCUT2D eigenvalue weighted by atomic mass is 10.1. The number of hydrogen-bond donors (Lipinski definition) is 2. The summed E-state index contributed by atoms with van der Waals surface area (Å²) in [5.74, 6) is -0.0212. The number of nitrogens with zero attached hydrogens (tertiary/aromatic N) is 2. The maximum atomic E-state index is 12.7. The number of rotatable bonds is 2. The van der Waals surface area contributed by atoms with E-state index in [9.17, 15) is 9.59 Å². The van der Waals surface area contributed by atoms with Crippen LogP contribution in [0.4, 0.5) is 11.6 Å². The Morgan fingerprint density at radius 2 is 1.87 bits per heavy atom. The van der Waals surface area contributed by atoms with Gasteiger partial charge < -0.3 is 5.32 Å². The number of benzene rings is 2. The second kappa shape index (κ2) is 5.24. The van der Waals surface area contributed by atoms with Crippen LogP contribution in [-0.2, 0) is 9.59 Å². The van der Waals surface area contributed by atoms with Gasteiger partial charge in [-0.25, -0.2) is 4.98 Å². The molecule has 0 spiro atoms. The highest BCUT2D eigenvalue weighted by Crippen LogP contribution is 2.30. The van der Waals surface area contributed by atoms with Crippen LogP contribution >= 0.6 is 0 Å². The molecule has 114 valence electrons. The van der Waals surface area contributed by atoms with E-state index in [1.54, 1.807) is 4.57 Å². The van der Waals surface area contributed by atoms with Gasteiger partial charge in [0.25, 0.3) is 0 Å².